The lowest BCUT2D eigenvalue weighted by atomic mass is 10.1. The predicted molar refractivity (Wildman–Crippen MR) is 72.7 cm³/mol. The van der Waals surface area contributed by atoms with Gasteiger partial charge in [-0.15, -0.1) is 0 Å². The van der Waals surface area contributed by atoms with Gasteiger partial charge in [-0.25, -0.2) is 4.98 Å². The number of aromatic nitrogens is 1. The zero-order valence-corrected chi connectivity index (χ0v) is 10.8. The SMILES string of the molecule is CC(Nc1ccccn1)c1ccc(Cl)cc1Cl. The van der Waals surface area contributed by atoms with Gasteiger partial charge >= 0.3 is 0 Å². The van der Waals surface area contributed by atoms with Crippen LogP contribution in [0, 0.1) is 0 Å². The quantitative estimate of drug-likeness (QED) is 0.881. The molecule has 88 valence electrons. The zero-order chi connectivity index (χ0) is 12.3. The van der Waals surface area contributed by atoms with E-state index in [-0.39, 0.29) is 6.04 Å². The smallest absolute Gasteiger partial charge is 0.126 e. The molecule has 0 spiro atoms. The van der Waals surface area contributed by atoms with Gasteiger partial charge in [0.1, 0.15) is 5.82 Å². The molecule has 0 aliphatic carbocycles. The first-order valence-corrected chi connectivity index (χ1v) is 6.05. The number of halogens is 2. The van der Waals surface area contributed by atoms with Crippen molar-refractivity contribution in [1.82, 2.24) is 4.98 Å². The third-order valence-electron chi connectivity index (χ3n) is 2.46. The van der Waals surface area contributed by atoms with Crippen molar-refractivity contribution in [3.63, 3.8) is 0 Å². The third kappa shape index (κ3) is 3.11. The molecule has 0 saturated carbocycles. The predicted octanol–water partition coefficient (Wildman–Crippen LogP) is 4.56. The fourth-order valence-corrected chi connectivity index (χ4v) is 2.17. The van der Waals surface area contributed by atoms with Gasteiger partial charge in [-0.1, -0.05) is 35.3 Å². The fraction of sp³-hybridized carbons (Fsp3) is 0.154. The molecule has 0 bridgehead atoms. The average Bonchev–Trinajstić information content (AvgIpc) is 2.30. The Labute approximate surface area is 111 Å². The second-order valence-electron chi connectivity index (χ2n) is 3.75. The van der Waals surface area contributed by atoms with Crippen molar-refractivity contribution < 1.29 is 0 Å². The van der Waals surface area contributed by atoms with Crippen LogP contribution < -0.4 is 5.32 Å². The number of hydrogen-bond acceptors (Lipinski definition) is 2. The van der Waals surface area contributed by atoms with Crippen LogP contribution in [0.25, 0.3) is 0 Å². The molecule has 0 aliphatic rings. The van der Waals surface area contributed by atoms with E-state index in [4.69, 9.17) is 23.2 Å². The molecule has 2 aromatic rings. The van der Waals surface area contributed by atoms with Gasteiger partial charge in [-0.3, -0.25) is 0 Å². The van der Waals surface area contributed by atoms with Crippen LogP contribution in [0.5, 0.6) is 0 Å². The van der Waals surface area contributed by atoms with E-state index in [1.165, 1.54) is 0 Å². The molecule has 0 fully saturated rings. The van der Waals surface area contributed by atoms with E-state index in [2.05, 4.69) is 10.3 Å². The van der Waals surface area contributed by atoms with Crippen LogP contribution in [0.1, 0.15) is 18.5 Å². The Morgan fingerprint density at radius 2 is 2.00 bits per heavy atom. The Morgan fingerprint density at radius 3 is 2.65 bits per heavy atom. The Bertz CT molecular complexity index is 500. The van der Waals surface area contributed by atoms with Crippen molar-refractivity contribution >= 4 is 29.0 Å². The lowest BCUT2D eigenvalue weighted by Crippen LogP contribution is -2.08. The lowest BCUT2D eigenvalue weighted by Gasteiger charge is -2.16. The molecule has 1 unspecified atom stereocenters. The zero-order valence-electron chi connectivity index (χ0n) is 9.32. The summed E-state index contributed by atoms with van der Waals surface area (Å²) in [6.07, 6.45) is 1.75. The largest absolute Gasteiger partial charge is 0.363 e. The molecule has 1 N–H and O–H groups in total. The number of nitrogens with zero attached hydrogens (tertiary/aromatic N) is 1. The molecular weight excluding hydrogens is 255 g/mol. The molecular formula is C13H12Cl2N2. The van der Waals surface area contributed by atoms with Gasteiger partial charge in [0.05, 0.1) is 6.04 Å². The molecule has 4 heteroatoms. The van der Waals surface area contributed by atoms with Crippen LogP contribution in [0.15, 0.2) is 42.6 Å². The summed E-state index contributed by atoms with van der Waals surface area (Å²) in [5.41, 5.74) is 1.00. The van der Waals surface area contributed by atoms with Crippen LogP contribution in [0.2, 0.25) is 10.0 Å². The first-order valence-electron chi connectivity index (χ1n) is 5.29. The van der Waals surface area contributed by atoms with Crippen LogP contribution in [0.3, 0.4) is 0 Å². The maximum Gasteiger partial charge on any atom is 0.126 e. The molecule has 2 nitrogen and oxygen atoms in total. The normalized spacial score (nSPS) is 12.2. The maximum absolute atomic E-state index is 6.15. The highest BCUT2D eigenvalue weighted by Crippen LogP contribution is 2.27. The molecule has 0 saturated heterocycles. The standard InChI is InChI=1S/C13H12Cl2N2/c1-9(17-13-4-2-3-7-16-13)11-6-5-10(14)8-12(11)15/h2-9H,1H3,(H,16,17). The third-order valence-corrected chi connectivity index (χ3v) is 3.02. The first-order chi connectivity index (χ1) is 8.16. The van der Waals surface area contributed by atoms with E-state index in [1.807, 2.05) is 37.3 Å². The van der Waals surface area contributed by atoms with Gasteiger partial charge in [0, 0.05) is 16.2 Å². The Morgan fingerprint density at radius 1 is 1.18 bits per heavy atom. The van der Waals surface area contributed by atoms with Crippen molar-refractivity contribution in [3.8, 4) is 0 Å². The van der Waals surface area contributed by atoms with Crippen molar-refractivity contribution in [3.05, 3.63) is 58.2 Å². The summed E-state index contributed by atoms with van der Waals surface area (Å²) >= 11 is 12.0. The number of hydrogen-bond donors (Lipinski definition) is 1. The summed E-state index contributed by atoms with van der Waals surface area (Å²) in [5.74, 6) is 0.825. The number of pyridine rings is 1. The van der Waals surface area contributed by atoms with Crippen molar-refractivity contribution in [1.29, 1.82) is 0 Å². The van der Waals surface area contributed by atoms with Crippen LogP contribution in [0.4, 0.5) is 5.82 Å². The second-order valence-corrected chi connectivity index (χ2v) is 4.59. The van der Waals surface area contributed by atoms with Crippen LogP contribution in [-0.2, 0) is 0 Å². The van der Waals surface area contributed by atoms with Crippen molar-refractivity contribution in [2.75, 3.05) is 5.32 Å². The number of anilines is 1. The minimum Gasteiger partial charge on any atom is -0.363 e. The Balaban J connectivity index is 2.17. The average molecular weight is 267 g/mol. The summed E-state index contributed by atoms with van der Waals surface area (Å²) in [6.45, 7) is 2.03. The molecule has 1 atom stereocenters. The number of benzene rings is 1. The molecule has 2 rings (SSSR count). The summed E-state index contributed by atoms with van der Waals surface area (Å²) in [7, 11) is 0. The summed E-state index contributed by atoms with van der Waals surface area (Å²) in [4.78, 5) is 4.21. The molecule has 0 amide bonds. The van der Waals surface area contributed by atoms with Gasteiger partial charge < -0.3 is 5.32 Å². The van der Waals surface area contributed by atoms with Crippen molar-refractivity contribution in [2.45, 2.75) is 13.0 Å². The maximum atomic E-state index is 6.15. The Kier molecular flexibility index (Phi) is 3.87. The molecule has 1 aromatic carbocycles. The van der Waals surface area contributed by atoms with E-state index < -0.39 is 0 Å². The summed E-state index contributed by atoms with van der Waals surface area (Å²) in [5, 5.41) is 4.58. The molecule has 0 radical (unpaired) electrons. The van der Waals surface area contributed by atoms with Gasteiger partial charge in [-0.05, 0) is 36.8 Å². The summed E-state index contributed by atoms with van der Waals surface area (Å²) < 4.78 is 0. The molecule has 1 heterocycles. The number of rotatable bonds is 3. The van der Waals surface area contributed by atoms with Crippen molar-refractivity contribution in [2.24, 2.45) is 0 Å². The van der Waals surface area contributed by atoms with E-state index in [9.17, 15) is 0 Å². The number of nitrogens with one attached hydrogen (secondary N) is 1. The van der Waals surface area contributed by atoms with Gasteiger partial charge in [0.2, 0.25) is 0 Å². The van der Waals surface area contributed by atoms with Crippen LogP contribution >= 0.6 is 23.2 Å². The first kappa shape index (κ1) is 12.2. The topological polar surface area (TPSA) is 24.9 Å². The summed E-state index contributed by atoms with van der Waals surface area (Å²) in [6, 6.07) is 11.3. The highest BCUT2D eigenvalue weighted by Gasteiger charge is 2.10. The highest BCUT2D eigenvalue weighted by molar-refractivity contribution is 6.35. The lowest BCUT2D eigenvalue weighted by molar-refractivity contribution is 0.875. The minimum absolute atomic E-state index is 0.0784. The molecule has 17 heavy (non-hydrogen) atoms. The van der Waals surface area contributed by atoms with Gasteiger partial charge in [0.25, 0.3) is 0 Å². The van der Waals surface area contributed by atoms with Crippen LogP contribution in [-0.4, -0.2) is 4.98 Å². The fourth-order valence-electron chi connectivity index (χ4n) is 1.60. The van der Waals surface area contributed by atoms with E-state index in [0.717, 1.165) is 11.4 Å². The van der Waals surface area contributed by atoms with E-state index in [1.54, 1.807) is 12.3 Å². The Hall–Kier alpha value is -1.25. The highest BCUT2D eigenvalue weighted by atomic mass is 35.5. The molecule has 1 aromatic heterocycles. The minimum atomic E-state index is 0.0784. The molecule has 0 aliphatic heterocycles. The second kappa shape index (κ2) is 5.39. The van der Waals surface area contributed by atoms with E-state index in [0.29, 0.717) is 10.0 Å². The monoisotopic (exact) mass is 266 g/mol. The van der Waals surface area contributed by atoms with Gasteiger partial charge in [0.15, 0.2) is 0 Å². The van der Waals surface area contributed by atoms with Gasteiger partial charge in [-0.2, -0.15) is 0 Å². The van der Waals surface area contributed by atoms with E-state index >= 15 is 0 Å².